The minimum absolute atomic E-state index is 0.0189. The number of amides is 3. The number of benzene rings is 2. The molecule has 0 aliphatic carbocycles. The fraction of sp³-hybridized carbons (Fsp3) is 0.364. The molecule has 0 unspecified atom stereocenters. The summed E-state index contributed by atoms with van der Waals surface area (Å²) in [4.78, 5) is 60.7. The van der Waals surface area contributed by atoms with Crippen LogP contribution < -0.4 is 10.1 Å². The van der Waals surface area contributed by atoms with Crippen molar-refractivity contribution in [3.05, 3.63) is 84.6 Å². The Labute approximate surface area is 266 Å². The third-order valence-electron chi connectivity index (χ3n) is 8.17. The first-order valence-corrected chi connectivity index (χ1v) is 15.3. The number of aryl methyl sites for hydroxylation is 1. The zero-order valence-corrected chi connectivity index (χ0v) is 25.4. The van der Waals surface area contributed by atoms with Crippen LogP contribution in [0.4, 0.5) is 0 Å². The second-order valence-electron chi connectivity index (χ2n) is 11.1. The Kier molecular flexibility index (Phi) is 10.9. The molecule has 3 amide bonds. The Balaban J connectivity index is 0.00000134. The molecule has 2 bridgehead atoms. The highest BCUT2D eigenvalue weighted by molar-refractivity contribution is 5.95. The predicted molar refractivity (Wildman–Crippen MR) is 168 cm³/mol. The van der Waals surface area contributed by atoms with Crippen molar-refractivity contribution in [2.24, 2.45) is 5.92 Å². The van der Waals surface area contributed by atoms with Crippen LogP contribution in [-0.4, -0.2) is 98.2 Å². The van der Waals surface area contributed by atoms with Crippen molar-refractivity contribution in [1.82, 2.24) is 34.9 Å². The lowest BCUT2D eigenvalue weighted by molar-refractivity contribution is -0.131. The lowest BCUT2D eigenvalue weighted by atomic mass is 9.88. The van der Waals surface area contributed by atoms with E-state index >= 15 is 0 Å². The molecule has 2 aliphatic heterocycles. The van der Waals surface area contributed by atoms with Crippen LogP contribution in [0.25, 0.3) is 10.9 Å². The first-order valence-electron chi connectivity index (χ1n) is 15.3. The molecule has 0 radical (unpaired) electrons. The number of hydrogen-bond acceptors (Lipinski definition) is 8. The zero-order valence-electron chi connectivity index (χ0n) is 25.4. The van der Waals surface area contributed by atoms with E-state index in [1.165, 1.54) is 6.33 Å². The Morgan fingerprint density at radius 1 is 1.02 bits per heavy atom. The standard InChI is InChI=1S/C32H35N7O4.CH2O2/c40-30(10-4-15-39-22-33-21-35-39)38-19-26-24-7-3-8-25(18-24)43-17-5-14-37(16-13-34-31(41)27(26)20-38)32(42)29-12-11-23-6-1-2-9-28(23)36-29;2-1-3/h1-3,6-9,11-12,18,21-22,26-27H,4-5,10,13-17,19-20H2,(H,34,41);1H,(H,2,3)/t26-,27+;/m1./s1. The van der Waals surface area contributed by atoms with Gasteiger partial charge in [-0.25, -0.2) is 9.97 Å². The van der Waals surface area contributed by atoms with Crippen molar-refractivity contribution in [3.63, 3.8) is 0 Å². The van der Waals surface area contributed by atoms with Crippen LogP contribution in [0.15, 0.2) is 73.3 Å². The van der Waals surface area contributed by atoms with Crippen molar-refractivity contribution in [2.45, 2.75) is 31.7 Å². The molecule has 4 heterocycles. The molecule has 0 spiro atoms. The summed E-state index contributed by atoms with van der Waals surface area (Å²) in [5.41, 5.74) is 2.11. The highest BCUT2D eigenvalue weighted by Crippen LogP contribution is 2.35. The number of ether oxygens (including phenoxy) is 1. The number of pyridine rings is 1. The summed E-state index contributed by atoms with van der Waals surface area (Å²) in [6, 6.07) is 19.1. The van der Waals surface area contributed by atoms with Gasteiger partial charge in [-0.05, 0) is 42.7 Å². The van der Waals surface area contributed by atoms with Gasteiger partial charge in [0.2, 0.25) is 11.8 Å². The maximum Gasteiger partial charge on any atom is 0.290 e. The summed E-state index contributed by atoms with van der Waals surface area (Å²) in [7, 11) is 0. The van der Waals surface area contributed by atoms with Crippen LogP contribution in [0.3, 0.4) is 0 Å². The third kappa shape index (κ3) is 8.03. The molecule has 0 saturated carbocycles. The molecule has 1 saturated heterocycles. The maximum atomic E-state index is 13.6. The van der Waals surface area contributed by atoms with Gasteiger partial charge in [0.05, 0.1) is 18.0 Å². The van der Waals surface area contributed by atoms with Gasteiger partial charge in [0, 0.05) is 57.0 Å². The number of nitrogens with one attached hydrogen (secondary N) is 1. The summed E-state index contributed by atoms with van der Waals surface area (Å²) in [6.45, 7) is 2.70. The van der Waals surface area contributed by atoms with E-state index in [0.29, 0.717) is 76.6 Å². The third-order valence-corrected chi connectivity index (χ3v) is 8.17. The van der Waals surface area contributed by atoms with Crippen molar-refractivity contribution < 1.29 is 29.0 Å². The summed E-state index contributed by atoms with van der Waals surface area (Å²) in [5, 5.41) is 15.0. The van der Waals surface area contributed by atoms with Crippen LogP contribution in [0.5, 0.6) is 5.75 Å². The minimum atomic E-state index is -0.413. The molecule has 13 heteroatoms. The minimum Gasteiger partial charge on any atom is -0.494 e. The highest BCUT2D eigenvalue weighted by atomic mass is 16.5. The van der Waals surface area contributed by atoms with Crippen molar-refractivity contribution in [3.8, 4) is 5.75 Å². The number of carboxylic acid groups (broad SMARTS) is 1. The van der Waals surface area contributed by atoms with Gasteiger partial charge in [0.25, 0.3) is 12.4 Å². The Hall–Kier alpha value is -5.33. The van der Waals surface area contributed by atoms with Gasteiger partial charge < -0.3 is 25.0 Å². The van der Waals surface area contributed by atoms with E-state index in [1.807, 2.05) is 54.6 Å². The molecule has 6 rings (SSSR count). The molecule has 4 aromatic rings. The maximum absolute atomic E-state index is 13.6. The normalized spacial score (nSPS) is 18.3. The van der Waals surface area contributed by atoms with Crippen LogP contribution in [0.2, 0.25) is 0 Å². The van der Waals surface area contributed by atoms with Crippen LogP contribution in [-0.2, 0) is 20.9 Å². The average Bonchev–Trinajstić information content (AvgIpc) is 3.76. The molecule has 2 aromatic heterocycles. The molecule has 46 heavy (non-hydrogen) atoms. The van der Waals surface area contributed by atoms with Gasteiger partial charge in [0.1, 0.15) is 24.1 Å². The van der Waals surface area contributed by atoms with E-state index in [9.17, 15) is 14.4 Å². The van der Waals surface area contributed by atoms with Gasteiger partial charge in [-0.2, -0.15) is 5.10 Å². The topological polar surface area (TPSA) is 160 Å². The van der Waals surface area contributed by atoms with Gasteiger partial charge in [-0.3, -0.25) is 23.9 Å². The van der Waals surface area contributed by atoms with E-state index in [4.69, 9.17) is 14.6 Å². The number of likely N-dealkylation sites (tertiary alicyclic amines) is 1. The zero-order chi connectivity index (χ0) is 32.3. The largest absolute Gasteiger partial charge is 0.494 e. The molecule has 2 atom stereocenters. The monoisotopic (exact) mass is 627 g/mol. The fourth-order valence-corrected chi connectivity index (χ4v) is 5.90. The van der Waals surface area contributed by atoms with Crippen LogP contribution >= 0.6 is 0 Å². The van der Waals surface area contributed by atoms with Crippen molar-refractivity contribution in [2.75, 3.05) is 39.3 Å². The van der Waals surface area contributed by atoms with E-state index in [1.54, 1.807) is 26.9 Å². The van der Waals surface area contributed by atoms with Crippen molar-refractivity contribution >= 4 is 35.1 Å². The quantitative estimate of drug-likeness (QED) is 0.317. The second-order valence-corrected chi connectivity index (χ2v) is 11.1. The van der Waals surface area contributed by atoms with E-state index in [0.717, 1.165) is 16.5 Å². The number of aromatic nitrogens is 4. The Bertz CT molecular complexity index is 1650. The number of carbonyl (C=O) groups is 4. The Morgan fingerprint density at radius 3 is 2.67 bits per heavy atom. The summed E-state index contributed by atoms with van der Waals surface area (Å²) in [5.74, 6) is -0.155. The number of nitrogens with zero attached hydrogens (tertiary/aromatic N) is 6. The molecule has 2 N–H and O–H groups in total. The summed E-state index contributed by atoms with van der Waals surface area (Å²) >= 11 is 0. The smallest absolute Gasteiger partial charge is 0.290 e. The van der Waals surface area contributed by atoms with Gasteiger partial charge >= 0.3 is 0 Å². The van der Waals surface area contributed by atoms with Crippen LogP contribution in [0.1, 0.15) is 41.2 Å². The molecular formula is C33H37N7O6. The molecule has 240 valence electrons. The summed E-state index contributed by atoms with van der Waals surface area (Å²) < 4.78 is 7.78. The van der Waals surface area contributed by atoms with Gasteiger partial charge in [-0.1, -0.05) is 36.4 Å². The molecule has 13 nitrogen and oxygen atoms in total. The highest BCUT2D eigenvalue weighted by Gasteiger charge is 2.40. The number of para-hydroxylation sites is 1. The number of rotatable bonds is 5. The number of carbonyl (C=O) groups excluding carboxylic acids is 3. The van der Waals surface area contributed by atoms with E-state index in [-0.39, 0.29) is 30.1 Å². The Morgan fingerprint density at radius 2 is 1.85 bits per heavy atom. The average molecular weight is 628 g/mol. The fourth-order valence-electron chi connectivity index (χ4n) is 5.90. The SMILES string of the molecule is O=C1NCCN(C(=O)c2ccc3ccccc3n2)CCCOc2cccc(c2)[C@H]2CN(C(=O)CCCn3cncn3)C[C@H]12.O=CO. The molecule has 1 fully saturated rings. The lowest BCUT2D eigenvalue weighted by Gasteiger charge is -2.25. The predicted octanol–water partition coefficient (Wildman–Crippen LogP) is 2.59. The van der Waals surface area contributed by atoms with E-state index in [2.05, 4.69) is 20.4 Å². The number of fused-ring (bicyclic) bond motifs is 5. The van der Waals surface area contributed by atoms with Gasteiger partial charge in [-0.15, -0.1) is 0 Å². The van der Waals surface area contributed by atoms with Gasteiger partial charge in [0.15, 0.2) is 0 Å². The first kappa shape index (κ1) is 32.1. The van der Waals surface area contributed by atoms with Crippen molar-refractivity contribution in [1.29, 1.82) is 0 Å². The summed E-state index contributed by atoms with van der Waals surface area (Å²) in [6.07, 6.45) is 4.74. The molecule has 2 aliphatic rings. The molecule has 2 aromatic carbocycles. The second kappa shape index (κ2) is 15.6. The lowest BCUT2D eigenvalue weighted by Crippen LogP contribution is -2.42. The molecular weight excluding hydrogens is 590 g/mol. The van der Waals surface area contributed by atoms with E-state index < -0.39 is 5.92 Å². The number of hydrogen-bond donors (Lipinski definition) is 2. The van der Waals surface area contributed by atoms with Crippen LogP contribution in [0, 0.1) is 5.92 Å². The first-order chi connectivity index (χ1) is 22.5.